The molecule has 1 saturated heterocycles. The number of hydrogen-bond acceptors (Lipinski definition) is 3. The van der Waals surface area contributed by atoms with Gasteiger partial charge in [-0.05, 0) is 49.7 Å². The van der Waals surface area contributed by atoms with E-state index in [4.69, 9.17) is 0 Å². The van der Waals surface area contributed by atoms with Gasteiger partial charge in [-0.2, -0.15) is 0 Å². The first-order valence-corrected chi connectivity index (χ1v) is 6.97. The van der Waals surface area contributed by atoms with Crippen molar-refractivity contribution >= 4 is 17.1 Å². The van der Waals surface area contributed by atoms with E-state index in [1.54, 1.807) is 11.3 Å². The van der Waals surface area contributed by atoms with Crippen LogP contribution < -0.4 is 5.32 Å². The average molecular weight is 237 g/mol. The Bertz CT molecular complexity index is 315. The highest BCUT2D eigenvalue weighted by Gasteiger charge is 2.14. The molecule has 1 N–H and O–H groups in total. The summed E-state index contributed by atoms with van der Waals surface area (Å²) in [6.07, 6.45) is 5.02. The fourth-order valence-electron chi connectivity index (χ4n) is 2.23. The monoisotopic (exact) mass is 237 g/mol. The van der Waals surface area contributed by atoms with Crippen LogP contribution in [0.25, 0.3) is 0 Å². The molecule has 0 amide bonds. The first kappa shape index (κ1) is 11.8. The van der Waals surface area contributed by atoms with Crippen LogP contribution in [-0.2, 0) is 11.2 Å². The fraction of sp³-hybridized carbons (Fsp3) is 0.615. The first-order chi connectivity index (χ1) is 7.84. The third-order valence-corrected chi connectivity index (χ3v) is 4.06. The van der Waals surface area contributed by atoms with E-state index in [0.29, 0.717) is 12.2 Å². The lowest BCUT2D eigenvalue weighted by Gasteiger charge is -2.22. The van der Waals surface area contributed by atoms with Crippen molar-refractivity contribution < 1.29 is 4.79 Å². The van der Waals surface area contributed by atoms with E-state index in [-0.39, 0.29) is 0 Å². The number of Topliss-reactive ketones (excluding diaryl/α,β-unsaturated/α-hetero) is 1. The summed E-state index contributed by atoms with van der Waals surface area (Å²) in [5.74, 6) is 1.12. The summed E-state index contributed by atoms with van der Waals surface area (Å²) in [6.45, 7) is 2.26. The number of carbonyl (C=O) groups excluding carboxylic acids is 1. The van der Waals surface area contributed by atoms with Crippen LogP contribution in [-0.4, -0.2) is 18.9 Å². The molecule has 0 aliphatic carbocycles. The highest BCUT2D eigenvalue weighted by molar-refractivity contribution is 7.10. The van der Waals surface area contributed by atoms with Crippen LogP contribution in [0.3, 0.4) is 0 Å². The normalized spacial score (nSPS) is 20.9. The Morgan fingerprint density at radius 2 is 2.50 bits per heavy atom. The summed E-state index contributed by atoms with van der Waals surface area (Å²) in [5, 5.41) is 5.43. The molecule has 3 heteroatoms. The average Bonchev–Trinajstić information content (AvgIpc) is 2.81. The van der Waals surface area contributed by atoms with E-state index >= 15 is 0 Å². The lowest BCUT2D eigenvalue weighted by Crippen LogP contribution is -2.30. The van der Waals surface area contributed by atoms with Crippen LogP contribution in [0.5, 0.6) is 0 Å². The van der Waals surface area contributed by atoms with Crippen LogP contribution in [0.2, 0.25) is 0 Å². The summed E-state index contributed by atoms with van der Waals surface area (Å²) >= 11 is 1.68. The largest absolute Gasteiger partial charge is 0.316 e. The minimum absolute atomic E-state index is 0.396. The molecule has 0 radical (unpaired) electrons. The molecular weight excluding hydrogens is 218 g/mol. The number of piperidine rings is 1. The molecule has 2 nitrogen and oxygen atoms in total. The molecule has 0 aromatic carbocycles. The van der Waals surface area contributed by atoms with Crippen molar-refractivity contribution in [1.29, 1.82) is 0 Å². The number of thiophene rings is 1. The molecule has 0 spiro atoms. The van der Waals surface area contributed by atoms with Crippen molar-refractivity contribution in [1.82, 2.24) is 5.32 Å². The van der Waals surface area contributed by atoms with Gasteiger partial charge in [-0.25, -0.2) is 0 Å². The predicted octanol–water partition coefficient (Wildman–Crippen LogP) is 2.64. The minimum Gasteiger partial charge on any atom is -0.316 e. The van der Waals surface area contributed by atoms with Gasteiger partial charge in [0.05, 0.1) is 0 Å². The van der Waals surface area contributed by atoms with Crippen molar-refractivity contribution in [2.45, 2.75) is 32.1 Å². The van der Waals surface area contributed by atoms with Crippen LogP contribution in [0.4, 0.5) is 0 Å². The van der Waals surface area contributed by atoms with Gasteiger partial charge in [0.15, 0.2) is 0 Å². The summed E-state index contributed by atoms with van der Waals surface area (Å²) in [6, 6.07) is 4.06. The molecule has 1 aromatic heterocycles. The lowest BCUT2D eigenvalue weighted by molar-refractivity contribution is -0.118. The van der Waals surface area contributed by atoms with Gasteiger partial charge in [0.25, 0.3) is 0 Å². The highest BCUT2D eigenvalue weighted by Crippen LogP contribution is 2.17. The van der Waals surface area contributed by atoms with Crippen LogP contribution in [0, 0.1) is 5.92 Å². The van der Waals surface area contributed by atoms with Crippen molar-refractivity contribution in [3.8, 4) is 0 Å². The standard InChI is InChI=1S/C13H19NOS/c15-12(9-13-4-2-8-16-13)6-5-11-3-1-7-14-10-11/h2,4,8,11,14H,1,3,5-7,9-10H2. The number of hydrogen-bond donors (Lipinski definition) is 1. The zero-order chi connectivity index (χ0) is 11.2. The Morgan fingerprint density at radius 3 is 3.19 bits per heavy atom. The van der Waals surface area contributed by atoms with Crippen molar-refractivity contribution in [2.75, 3.05) is 13.1 Å². The summed E-state index contributed by atoms with van der Waals surface area (Å²) in [4.78, 5) is 12.9. The molecule has 2 rings (SSSR count). The predicted molar refractivity (Wildman–Crippen MR) is 67.9 cm³/mol. The zero-order valence-corrected chi connectivity index (χ0v) is 10.4. The first-order valence-electron chi connectivity index (χ1n) is 6.09. The van der Waals surface area contributed by atoms with E-state index in [2.05, 4.69) is 5.32 Å². The molecule has 1 atom stereocenters. The molecule has 1 aliphatic heterocycles. The number of rotatable bonds is 5. The van der Waals surface area contributed by atoms with E-state index in [1.807, 2.05) is 17.5 Å². The third kappa shape index (κ3) is 3.72. The van der Waals surface area contributed by atoms with Crippen molar-refractivity contribution in [3.63, 3.8) is 0 Å². The number of carbonyl (C=O) groups is 1. The molecule has 1 unspecified atom stereocenters. The molecule has 1 aliphatic rings. The van der Waals surface area contributed by atoms with Gasteiger partial charge in [0, 0.05) is 17.7 Å². The van der Waals surface area contributed by atoms with Crippen LogP contribution >= 0.6 is 11.3 Å². The summed E-state index contributed by atoms with van der Waals surface area (Å²) in [7, 11) is 0. The Kier molecular flexibility index (Phi) is 4.55. The molecular formula is C13H19NOS. The van der Waals surface area contributed by atoms with E-state index in [0.717, 1.165) is 31.8 Å². The summed E-state index contributed by atoms with van der Waals surface area (Å²) < 4.78 is 0. The molecule has 0 bridgehead atoms. The lowest BCUT2D eigenvalue weighted by atomic mass is 9.93. The molecule has 0 saturated carbocycles. The Balaban J connectivity index is 1.67. The zero-order valence-electron chi connectivity index (χ0n) is 9.58. The highest BCUT2D eigenvalue weighted by atomic mass is 32.1. The number of ketones is 1. The smallest absolute Gasteiger partial charge is 0.138 e. The molecule has 88 valence electrons. The van der Waals surface area contributed by atoms with Gasteiger partial charge in [-0.3, -0.25) is 4.79 Å². The van der Waals surface area contributed by atoms with E-state index in [9.17, 15) is 4.79 Å². The maximum absolute atomic E-state index is 11.7. The quantitative estimate of drug-likeness (QED) is 0.853. The third-order valence-electron chi connectivity index (χ3n) is 3.18. The van der Waals surface area contributed by atoms with Crippen molar-refractivity contribution in [2.24, 2.45) is 5.92 Å². The second-order valence-corrected chi connectivity index (χ2v) is 5.58. The molecule has 1 aromatic rings. The maximum Gasteiger partial charge on any atom is 0.138 e. The van der Waals surface area contributed by atoms with Gasteiger partial charge in [0.2, 0.25) is 0 Å². The Hall–Kier alpha value is -0.670. The van der Waals surface area contributed by atoms with Gasteiger partial charge >= 0.3 is 0 Å². The topological polar surface area (TPSA) is 29.1 Å². The minimum atomic E-state index is 0.396. The van der Waals surface area contributed by atoms with E-state index < -0.39 is 0 Å². The van der Waals surface area contributed by atoms with Crippen LogP contribution in [0.15, 0.2) is 17.5 Å². The maximum atomic E-state index is 11.7. The van der Waals surface area contributed by atoms with Gasteiger partial charge in [0.1, 0.15) is 5.78 Å². The van der Waals surface area contributed by atoms with Gasteiger partial charge in [-0.15, -0.1) is 11.3 Å². The molecule has 1 fully saturated rings. The molecule has 16 heavy (non-hydrogen) atoms. The van der Waals surface area contributed by atoms with E-state index in [1.165, 1.54) is 17.7 Å². The number of nitrogens with one attached hydrogen (secondary N) is 1. The Morgan fingerprint density at radius 1 is 1.56 bits per heavy atom. The summed E-state index contributed by atoms with van der Waals surface area (Å²) in [5.41, 5.74) is 0. The SMILES string of the molecule is O=C(CCC1CCCNC1)Cc1cccs1. The second-order valence-electron chi connectivity index (χ2n) is 4.55. The van der Waals surface area contributed by atoms with Crippen molar-refractivity contribution in [3.05, 3.63) is 22.4 Å². The molecule has 2 heterocycles. The van der Waals surface area contributed by atoms with Gasteiger partial charge < -0.3 is 5.32 Å². The fourth-order valence-corrected chi connectivity index (χ4v) is 2.96. The second kappa shape index (κ2) is 6.16. The van der Waals surface area contributed by atoms with Crippen LogP contribution in [0.1, 0.15) is 30.6 Å². The Labute approximate surface area is 101 Å². The van der Waals surface area contributed by atoms with Gasteiger partial charge in [-0.1, -0.05) is 6.07 Å².